The van der Waals surface area contributed by atoms with Gasteiger partial charge in [-0.3, -0.25) is 5.43 Å². The van der Waals surface area contributed by atoms with Crippen LogP contribution >= 0.6 is 28.3 Å². The molecular formula is C8H11BrClN3O. The van der Waals surface area contributed by atoms with E-state index in [1.807, 2.05) is 24.3 Å². The molecule has 0 aliphatic rings. The highest BCUT2D eigenvalue weighted by Gasteiger charge is 1.93. The van der Waals surface area contributed by atoms with Crippen molar-refractivity contribution in [2.75, 3.05) is 0 Å². The van der Waals surface area contributed by atoms with Gasteiger partial charge in [0.1, 0.15) is 0 Å². The molecule has 0 aliphatic carbocycles. The molecule has 0 spiro atoms. The van der Waals surface area contributed by atoms with Gasteiger partial charge in [0.2, 0.25) is 0 Å². The third-order valence-electron chi connectivity index (χ3n) is 1.39. The van der Waals surface area contributed by atoms with Gasteiger partial charge in [-0.05, 0) is 17.7 Å². The number of urea groups is 1. The van der Waals surface area contributed by atoms with Gasteiger partial charge in [-0.25, -0.2) is 10.2 Å². The molecule has 0 bridgehead atoms. The molecule has 0 fully saturated rings. The maximum absolute atomic E-state index is 10.3. The van der Waals surface area contributed by atoms with E-state index in [1.54, 1.807) is 0 Å². The van der Waals surface area contributed by atoms with Crippen molar-refractivity contribution < 1.29 is 4.79 Å². The molecule has 2 amide bonds. The number of hydrogen-bond acceptors (Lipinski definition) is 2. The van der Waals surface area contributed by atoms with E-state index in [9.17, 15) is 4.79 Å². The zero-order valence-electron chi connectivity index (χ0n) is 7.29. The van der Waals surface area contributed by atoms with Gasteiger partial charge in [0.05, 0.1) is 0 Å². The summed E-state index contributed by atoms with van der Waals surface area (Å²) in [7, 11) is 0. The van der Waals surface area contributed by atoms with E-state index < -0.39 is 6.03 Å². The zero-order chi connectivity index (χ0) is 9.68. The highest BCUT2D eigenvalue weighted by molar-refractivity contribution is 9.10. The van der Waals surface area contributed by atoms with E-state index in [1.165, 1.54) is 0 Å². The Hall–Kier alpha value is -0.780. The fourth-order valence-electron chi connectivity index (χ4n) is 0.880. The first kappa shape index (κ1) is 13.2. The topological polar surface area (TPSA) is 67.2 Å². The van der Waals surface area contributed by atoms with E-state index in [4.69, 9.17) is 5.73 Å². The summed E-state index contributed by atoms with van der Waals surface area (Å²) in [4.78, 5) is 10.3. The standard InChI is InChI=1S/C8H10BrN3O.ClH/c9-7-3-1-2-6(4-7)5-11-12-8(10)13;/h1-4,11H,5H2,(H3,10,12,13);1H. The number of carbonyl (C=O) groups is 1. The minimum Gasteiger partial charge on any atom is -0.351 e. The molecule has 1 rings (SSSR count). The number of hydrogen-bond donors (Lipinski definition) is 3. The van der Waals surface area contributed by atoms with E-state index in [-0.39, 0.29) is 12.4 Å². The Morgan fingerprint density at radius 3 is 2.79 bits per heavy atom. The number of halogens is 2. The predicted molar refractivity (Wildman–Crippen MR) is 60.9 cm³/mol. The van der Waals surface area contributed by atoms with Crippen molar-refractivity contribution in [2.24, 2.45) is 5.73 Å². The molecule has 0 aromatic heterocycles. The van der Waals surface area contributed by atoms with Crippen LogP contribution in [-0.2, 0) is 6.54 Å². The highest BCUT2D eigenvalue weighted by Crippen LogP contribution is 2.10. The van der Waals surface area contributed by atoms with Crippen LogP contribution < -0.4 is 16.6 Å². The van der Waals surface area contributed by atoms with E-state index in [0.717, 1.165) is 10.0 Å². The molecule has 6 heteroatoms. The van der Waals surface area contributed by atoms with Crippen molar-refractivity contribution in [1.82, 2.24) is 10.9 Å². The summed E-state index contributed by atoms with van der Waals surface area (Å²) in [5.41, 5.74) is 10.9. The van der Waals surface area contributed by atoms with E-state index >= 15 is 0 Å². The van der Waals surface area contributed by atoms with Crippen LogP contribution in [0.2, 0.25) is 0 Å². The number of carbonyl (C=O) groups excluding carboxylic acids is 1. The SMILES string of the molecule is Cl.NC(=O)NNCc1cccc(Br)c1. The first-order valence-corrected chi connectivity index (χ1v) is 4.50. The van der Waals surface area contributed by atoms with Crippen molar-refractivity contribution in [2.45, 2.75) is 6.54 Å². The normalized spacial score (nSPS) is 8.93. The fraction of sp³-hybridized carbons (Fsp3) is 0.125. The average Bonchev–Trinajstić information content (AvgIpc) is 2.03. The Kier molecular flexibility index (Phi) is 6.27. The summed E-state index contributed by atoms with van der Waals surface area (Å²) in [5.74, 6) is 0. The lowest BCUT2D eigenvalue weighted by atomic mass is 10.2. The van der Waals surface area contributed by atoms with Crippen LogP contribution in [0.25, 0.3) is 0 Å². The molecule has 0 saturated heterocycles. The lowest BCUT2D eigenvalue weighted by molar-refractivity contribution is 0.244. The smallest absolute Gasteiger partial charge is 0.326 e. The van der Waals surface area contributed by atoms with Gasteiger partial charge in [0.15, 0.2) is 0 Å². The summed E-state index contributed by atoms with van der Waals surface area (Å²) >= 11 is 3.34. The third-order valence-corrected chi connectivity index (χ3v) is 1.89. The van der Waals surface area contributed by atoms with Gasteiger partial charge >= 0.3 is 6.03 Å². The van der Waals surface area contributed by atoms with Crippen LogP contribution in [0.5, 0.6) is 0 Å². The quantitative estimate of drug-likeness (QED) is 0.735. The lowest BCUT2D eigenvalue weighted by Gasteiger charge is -2.04. The Morgan fingerprint density at radius 1 is 1.50 bits per heavy atom. The largest absolute Gasteiger partial charge is 0.351 e. The van der Waals surface area contributed by atoms with Crippen molar-refractivity contribution in [3.8, 4) is 0 Å². The van der Waals surface area contributed by atoms with Crippen LogP contribution in [0.15, 0.2) is 28.7 Å². The summed E-state index contributed by atoms with van der Waals surface area (Å²) in [6.45, 7) is 0.544. The van der Waals surface area contributed by atoms with Crippen LogP contribution in [0.4, 0.5) is 4.79 Å². The summed E-state index contributed by atoms with van der Waals surface area (Å²) in [6, 6.07) is 7.17. The van der Waals surface area contributed by atoms with Crippen LogP contribution in [-0.4, -0.2) is 6.03 Å². The number of benzene rings is 1. The van der Waals surface area contributed by atoms with E-state index in [0.29, 0.717) is 6.54 Å². The van der Waals surface area contributed by atoms with Crippen LogP contribution in [0.1, 0.15) is 5.56 Å². The van der Waals surface area contributed by atoms with Crippen molar-refractivity contribution in [1.29, 1.82) is 0 Å². The third kappa shape index (κ3) is 5.06. The molecule has 4 nitrogen and oxygen atoms in total. The Bertz CT molecular complexity index is 308. The maximum Gasteiger partial charge on any atom is 0.326 e. The lowest BCUT2D eigenvalue weighted by Crippen LogP contribution is -2.40. The number of hydrazine groups is 1. The summed E-state index contributed by atoms with van der Waals surface area (Å²) < 4.78 is 1.01. The Morgan fingerprint density at radius 2 is 2.21 bits per heavy atom. The number of nitrogens with two attached hydrogens (primary N) is 1. The van der Waals surface area contributed by atoms with Crippen molar-refractivity contribution >= 4 is 34.4 Å². The molecule has 0 unspecified atom stereocenters. The molecule has 0 atom stereocenters. The van der Waals surface area contributed by atoms with Gasteiger partial charge in [0, 0.05) is 11.0 Å². The molecule has 14 heavy (non-hydrogen) atoms. The molecule has 1 aromatic rings. The van der Waals surface area contributed by atoms with Gasteiger partial charge in [-0.2, -0.15) is 0 Å². The van der Waals surface area contributed by atoms with Gasteiger partial charge < -0.3 is 5.73 Å². The molecule has 78 valence electrons. The second kappa shape index (κ2) is 6.64. The molecular weight excluding hydrogens is 269 g/mol. The maximum atomic E-state index is 10.3. The van der Waals surface area contributed by atoms with Crippen molar-refractivity contribution in [3.63, 3.8) is 0 Å². The Labute approximate surface area is 96.8 Å². The molecule has 0 aliphatic heterocycles. The highest BCUT2D eigenvalue weighted by atomic mass is 79.9. The number of primary amides is 1. The molecule has 0 heterocycles. The predicted octanol–water partition coefficient (Wildman–Crippen LogP) is 1.54. The molecule has 4 N–H and O–H groups in total. The number of amides is 2. The second-order valence-corrected chi connectivity index (χ2v) is 3.39. The minimum atomic E-state index is -0.588. The first-order chi connectivity index (χ1) is 6.18. The van der Waals surface area contributed by atoms with Crippen molar-refractivity contribution in [3.05, 3.63) is 34.3 Å². The van der Waals surface area contributed by atoms with E-state index in [2.05, 4.69) is 26.8 Å². The Balaban J connectivity index is 0.00000169. The molecule has 0 radical (unpaired) electrons. The first-order valence-electron chi connectivity index (χ1n) is 3.71. The van der Waals surface area contributed by atoms with Crippen LogP contribution in [0.3, 0.4) is 0 Å². The summed E-state index contributed by atoms with van der Waals surface area (Å²) in [5, 5.41) is 0. The molecule has 0 saturated carbocycles. The van der Waals surface area contributed by atoms with Gasteiger partial charge in [0.25, 0.3) is 0 Å². The minimum absolute atomic E-state index is 0. The second-order valence-electron chi connectivity index (χ2n) is 2.47. The molecule has 1 aromatic carbocycles. The van der Waals surface area contributed by atoms with Gasteiger partial charge in [-0.1, -0.05) is 28.1 Å². The number of nitrogens with one attached hydrogen (secondary N) is 2. The zero-order valence-corrected chi connectivity index (χ0v) is 9.69. The van der Waals surface area contributed by atoms with Crippen LogP contribution in [0, 0.1) is 0 Å². The fourth-order valence-corrected chi connectivity index (χ4v) is 1.33. The monoisotopic (exact) mass is 279 g/mol. The van der Waals surface area contributed by atoms with Gasteiger partial charge in [-0.15, -0.1) is 12.4 Å². The number of rotatable bonds is 3. The average molecular weight is 281 g/mol. The summed E-state index contributed by atoms with van der Waals surface area (Å²) in [6.07, 6.45) is 0.